The zero-order chi connectivity index (χ0) is 18.9. The van der Waals surface area contributed by atoms with Gasteiger partial charge in [0.15, 0.2) is 0 Å². The number of benzene rings is 3. The summed E-state index contributed by atoms with van der Waals surface area (Å²) in [7, 11) is 0. The van der Waals surface area contributed by atoms with E-state index in [1.165, 1.54) is 22.2 Å². The highest BCUT2D eigenvalue weighted by Crippen LogP contribution is 2.36. The van der Waals surface area contributed by atoms with Gasteiger partial charge in [0, 0.05) is 34.2 Å². The molecule has 0 amide bonds. The summed E-state index contributed by atoms with van der Waals surface area (Å²) < 4.78 is 1.09. The van der Waals surface area contributed by atoms with E-state index in [0.717, 1.165) is 35.1 Å². The van der Waals surface area contributed by atoms with Crippen LogP contribution in [0.4, 0.5) is 5.69 Å². The van der Waals surface area contributed by atoms with Crippen LogP contribution in [0.3, 0.4) is 0 Å². The number of rotatable bonds is 3. The lowest BCUT2D eigenvalue weighted by atomic mass is 9.89. The highest BCUT2D eigenvalue weighted by molar-refractivity contribution is 9.10. The zero-order valence-electron chi connectivity index (χ0n) is 15.6. The molecule has 5 rings (SSSR count). The zero-order valence-corrected chi connectivity index (χ0v) is 17.1. The number of pyridine rings is 1. The highest BCUT2D eigenvalue weighted by atomic mass is 79.9. The number of para-hydroxylation sites is 1. The van der Waals surface area contributed by atoms with Gasteiger partial charge < -0.3 is 4.90 Å². The molecule has 4 aromatic rings. The maximum Gasteiger partial charge on any atom is 0.0706 e. The van der Waals surface area contributed by atoms with Gasteiger partial charge in [-0.15, -0.1) is 0 Å². The highest BCUT2D eigenvalue weighted by Gasteiger charge is 2.27. The summed E-state index contributed by atoms with van der Waals surface area (Å²) >= 11 is 3.55. The van der Waals surface area contributed by atoms with Crippen molar-refractivity contribution in [1.29, 1.82) is 0 Å². The van der Waals surface area contributed by atoms with Crippen molar-refractivity contribution in [2.45, 2.75) is 18.9 Å². The van der Waals surface area contributed by atoms with Crippen molar-refractivity contribution in [3.05, 3.63) is 106 Å². The Hall–Kier alpha value is -2.65. The average Bonchev–Trinajstić information content (AvgIpc) is 2.75. The largest absolute Gasteiger partial charge is 0.364 e. The smallest absolute Gasteiger partial charge is 0.0706 e. The normalized spacial score (nSPS) is 16.2. The van der Waals surface area contributed by atoms with Crippen molar-refractivity contribution in [3.8, 4) is 0 Å². The molecular weight excluding hydrogens is 408 g/mol. The summed E-state index contributed by atoms with van der Waals surface area (Å²) in [6.45, 7) is 1.03. The molecule has 1 aliphatic heterocycles. The predicted octanol–water partition coefficient (Wildman–Crippen LogP) is 6.34. The lowest BCUT2D eigenvalue weighted by molar-refractivity contribution is 0.574. The molecule has 3 aromatic carbocycles. The van der Waals surface area contributed by atoms with Gasteiger partial charge in [-0.1, -0.05) is 64.5 Å². The summed E-state index contributed by atoms with van der Waals surface area (Å²) in [4.78, 5) is 7.50. The van der Waals surface area contributed by atoms with E-state index in [1.54, 1.807) is 0 Å². The molecule has 1 aliphatic rings. The van der Waals surface area contributed by atoms with Crippen molar-refractivity contribution < 1.29 is 0 Å². The Bertz CT molecular complexity index is 1120. The summed E-state index contributed by atoms with van der Waals surface area (Å²) in [5.74, 6) is 0. The fourth-order valence-corrected chi connectivity index (χ4v) is 4.63. The van der Waals surface area contributed by atoms with Crippen LogP contribution >= 0.6 is 15.9 Å². The van der Waals surface area contributed by atoms with Crippen LogP contribution in [0, 0.1) is 0 Å². The van der Waals surface area contributed by atoms with Crippen molar-refractivity contribution in [2.24, 2.45) is 0 Å². The number of halogens is 1. The molecule has 3 heteroatoms. The SMILES string of the molecule is Brc1ccc2nc(CC3c4ccccc4CCN3c3ccccc3)ccc2c1. The van der Waals surface area contributed by atoms with Crippen LogP contribution in [-0.4, -0.2) is 11.5 Å². The minimum atomic E-state index is 0.299. The average molecular weight is 429 g/mol. The van der Waals surface area contributed by atoms with E-state index in [1.807, 2.05) is 0 Å². The van der Waals surface area contributed by atoms with Gasteiger partial charge in [-0.2, -0.15) is 0 Å². The van der Waals surface area contributed by atoms with E-state index < -0.39 is 0 Å². The molecule has 0 bridgehead atoms. The molecule has 1 aromatic heterocycles. The maximum absolute atomic E-state index is 4.96. The van der Waals surface area contributed by atoms with E-state index in [4.69, 9.17) is 4.98 Å². The van der Waals surface area contributed by atoms with Crippen LogP contribution < -0.4 is 4.90 Å². The van der Waals surface area contributed by atoms with E-state index in [0.29, 0.717) is 6.04 Å². The summed E-state index contributed by atoms with van der Waals surface area (Å²) in [5, 5.41) is 1.17. The minimum absolute atomic E-state index is 0.299. The van der Waals surface area contributed by atoms with E-state index >= 15 is 0 Å². The van der Waals surface area contributed by atoms with Crippen LogP contribution in [0.2, 0.25) is 0 Å². The number of fused-ring (bicyclic) bond motifs is 2. The lowest BCUT2D eigenvalue weighted by Gasteiger charge is -2.39. The quantitative estimate of drug-likeness (QED) is 0.378. The Morgan fingerprint density at radius 2 is 1.71 bits per heavy atom. The first-order valence-electron chi connectivity index (χ1n) is 9.73. The Balaban J connectivity index is 1.55. The molecule has 0 saturated carbocycles. The van der Waals surface area contributed by atoms with Crippen LogP contribution in [0.1, 0.15) is 22.9 Å². The fraction of sp³-hybridized carbons (Fsp3) is 0.160. The number of hydrogen-bond acceptors (Lipinski definition) is 2. The molecular formula is C25H21BrN2. The topological polar surface area (TPSA) is 16.1 Å². The van der Waals surface area contributed by atoms with Crippen LogP contribution in [0.15, 0.2) is 89.4 Å². The van der Waals surface area contributed by atoms with E-state index in [9.17, 15) is 0 Å². The van der Waals surface area contributed by atoms with Gasteiger partial charge in [0.1, 0.15) is 0 Å². The molecule has 0 aliphatic carbocycles. The second kappa shape index (κ2) is 7.40. The van der Waals surface area contributed by atoms with Crippen LogP contribution in [0.25, 0.3) is 10.9 Å². The summed E-state index contributed by atoms with van der Waals surface area (Å²) in [5.41, 5.74) is 6.36. The summed E-state index contributed by atoms with van der Waals surface area (Å²) in [6, 6.07) is 30.6. The van der Waals surface area contributed by atoms with Gasteiger partial charge in [-0.25, -0.2) is 0 Å². The molecule has 0 spiro atoms. The first-order valence-corrected chi connectivity index (χ1v) is 10.5. The molecule has 0 radical (unpaired) electrons. The second-order valence-corrected chi connectivity index (χ2v) is 8.25. The Morgan fingerprint density at radius 1 is 0.893 bits per heavy atom. The minimum Gasteiger partial charge on any atom is -0.364 e. The standard InChI is InChI=1S/C25H21BrN2/c26-20-11-13-24-19(16-20)10-12-21(27-24)17-25-23-9-5-4-6-18(23)14-15-28(25)22-7-2-1-3-8-22/h1-13,16,25H,14-15,17H2. The monoisotopic (exact) mass is 428 g/mol. The van der Waals surface area contributed by atoms with Crippen molar-refractivity contribution >= 4 is 32.5 Å². The molecule has 0 saturated heterocycles. The molecule has 0 N–H and O–H groups in total. The molecule has 28 heavy (non-hydrogen) atoms. The molecule has 2 heterocycles. The van der Waals surface area contributed by atoms with Gasteiger partial charge in [0.2, 0.25) is 0 Å². The molecule has 138 valence electrons. The Morgan fingerprint density at radius 3 is 2.61 bits per heavy atom. The fourth-order valence-electron chi connectivity index (χ4n) is 4.25. The first-order chi connectivity index (χ1) is 13.8. The van der Waals surface area contributed by atoms with Gasteiger partial charge in [-0.05, 0) is 53.9 Å². The third-order valence-corrected chi connectivity index (χ3v) is 6.10. The molecule has 1 unspecified atom stereocenters. The number of hydrogen-bond donors (Lipinski definition) is 0. The number of anilines is 1. The molecule has 2 nitrogen and oxygen atoms in total. The number of aromatic nitrogens is 1. The lowest BCUT2D eigenvalue weighted by Crippen LogP contribution is -2.36. The van der Waals surface area contributed by atoms with Gasteiger partial charge >= 0.3 is 0 Å². The molecule has 1 atom stereocenters. The number of nitrogens with zero attached hydrogens (tertiary/aromatic N) is 2. The third-order valence-electron chi connectivity index (χ3n) is 5.61. The van der Waals surface area contributed by atoms with Gasteiger partial charge in [-0.3, -0.25) is 4.98 Å². The molecule has 0 fully saturated rings. The third kappa shape index (κ3) is 3.31. The van der Waals surface area contributed by atoms with E-state index in [2.05, 4.69) is 106 Å². The predicted molar refractivity (Wildman–Crippen MR) is 120 cm³/mol. The van der Waals surface area contributed by atoms with Gasteiger partial charge in [0.25, 0.3) is 0 Å². The Kier molecular flexibility index (Phi) is 4.61. The van der Waals surface area contributed by atoms with Crippen molar-refractivity contribution in [1.82, 2.24) is 4.98 Å². The van der Waals surface area contributed by atoms with E-state index in [-0.39, 0.29) is 0 Å². The Labute approximate surface area is 174 Å². The van der Waals surface area contributed by atoms with Crippen molar-refractivity contribution in [2.75, 3.05) is 11.4 Å². The summed E-state index contributed by atoms with van der Waals surface area (Å²) in [6.07, 6.45) is 1.98. The van der Waals surface area contributed by atoms with Gasteiger partial charge in [0.05, 0.1) is 11.6 Å². The van der Waals surface area contributed by atoms with Crippen LogP contribution in [0.5, 0.6) is 0 Å². The first kappa shape index (κ1) is 17.4. The second-order valence-electron chi connectivity index (χ2n) is 7.34. The van der Waals surface area contributed by atoms with Crippen molar-refractivity contribution in [3.63, 3.8) is 0 Å². The van der Waals surface area contributed by atoms with Crippen LogP contribution in [-0.2, 0) is 12.8 Å². The maximum atomic E-state index is 4.96.